The van der Waals surface area contributed by atoms with Gasteiger partial charge in [-0.15, -0.1) is 0 Å². The molecule has 2 heterocycles. The van der Waals surface area contributed by atoms with Gasteiger partial charge in [-0.2, -0.15) is 0 Å². The van der Waals surface area contributed by atoms with Crippen LogP contribution in [0.5, 0.6) is 10.8 Å². The van der Waals surface area contributed by atoms with Gasteiger partial charge in [-0.1, -0.05) is 11.3 Å². The van der Waals surface area contributed by atoms with Crippen LogP contribution in [0.15, 0.2) is 48.5 Å². The number of amides is 2. The zero-order chi connectivity index (χ0) is 27.5. The highest BCUT2D eigenvalue weighted by Crippen LogP contribution is 2.41. The number of hydrogen-bond acceptors (Lipinski definition) is 7. The van der Waals surface area contributed by atoms with Crippen molar-refractivity contribution in [1.29, 1.82) is 0 Å². The van der Waals surface area contributed by atoms with Crippen molar-refractivity contribution in [2.75, 3.05) is 31.6 Å². The predicted molar refractivity (Wildman–Crippen MR) is 141 cm³/mol. The number of halogens is 2. The molecule has 4 rings (SSSR count). The first-order chi connectivity index (χ1) is 18.0. The summed E-state index contributed by atoms with van der Waals surface area (Å²) in [5.74, 6) is -1.21. The Hall–Kier alpha value is -3.41. The second-order valence-electron chi connectivity index (χ2n) is 9.91. The van der Waals surface area contributed by atoms with Gasteiger partial charge in [-0.3, -0.25) is 19.8 Å². The number of carbonyl (C=O) groups is 2. The van der Waals surface area contributed by atoms with Crippen LogP contribution in [0, 0.1) is 11.6 Å². The monoisotopic (exact) mass is 544 g/mol. The molecule has 2 aromatic carbocycles. The van der Waals surface area contributed by atoms with E-state index in [0.717, 1.165) is 11.3 Å². The molecule has 0 saturated carbocycles. The summed E-state index contributed by atoms with van der Waals surface area (Å²) < 4.78 is 38.2. The third-order valence-electron chi connectivity index (χ3n) is 6.31. The van der Waals surface area contributed by atoms with Gasteiger partial charge in [0.2, 0.25) is 11.0 Å². The highest BCUT2D eigenvalue weighted by molar-refractivity contribution is 7.18. The number of benzene rings is 2. The van der Waals surface area contributed by atoms with Crippen LogP contribution in [-0.2, 0) is 14.3 Å². The van der Waals surface area contributed by atoms with Gasteiger partial charge in [0, 0.05) is 18.7 Å². The molecule has 0 spiro atoms. The van der Waals surface area contributed by atoms with Crippen molar-refractivity contribution in [3.05, 3.63) is 60.2 Å². The molecule has 1 saturated heterocycles. The predicted octanol–water partition coefficient (Wildman–Crippen LogP) is 4.82. The number of hydrogen-bond donors (Lipinski definition) is 2. The van der Waals surface area contributed by atoms with Gasteiger partial charge in [0.15, 0.2) is 5.13 Å². The van der Waals surface area contributed by atoms with E-state index in [1.54, 1.807) is 26.0 Å². The molecule has 11 heteroatoms. The lowest BCUT2D eigenvalue weighted by Gasteiger charge is -2.41. The number of aromatic nitrogens is 1. The third-order valence-corrected chi connectivity index (χ3v) is 7.16. The highest BCUT2D eigenvalue weighted by Gasteiger charge is 2.40. The van der Waals surface area contributed by atoms with Crippen LogP contribution in [0.2, 0.25) is 0 Å². The quantitative estimate of drug-likeness (QED) is 0.422. The SMILES string of the molecule is CC(C)(NC(=O)C(C)(C)N1CCOCC1)C(=O)Nc1nc(-c2ccc(F)cc2)c(Oc2ccc(F)cc2)s1. The number of morpholine rings is 1. The molecule has 0 atom stereocenters. The molecular formula is C27H30F2N4O4S. The van der Waals surface area contributed by atoms with Crippen molar-refractivity contribution in [2.24, 2.45) is 0 Å². The van der Waals surface area contributed by atoms with Crippen molar-refractivity contribution < 1.29 is 27.8 Å². The van der Waals surface area contributed by atoms with Gasteiger partial charge in [0.25, 0.3) is 5.91 Å². The molecule has 0 aliphatic carbocycles. The van der Waals surface area contributed by atoms with Gasteiger partial charge in [-0.25, -0.2) is 13.8 Å². The summed E-state index contributed by atoms with van der Waals surface area (Å²) >= 11 is 1.06. The molecule has 2 N–H and O–H groups in total. The topological polar surface area (TPSA) is 92.8 Å². The normalized spacial score (nSPS) is 14.7. The number of anilines is 1. The molecule has 1 fully saturated rings. The van der Waals surface area contributed by atoms with E-state index in [4.69, 9.17) is 9.47 Å². The zero-order valence-electron chi connectivity index (χ0n) is 21.6. The maximum atomic E-state index is 13.5. The molecule has 0 unspecified atom stereocenters. The van der Waals surface area contributed by atoms with E-state index in [1.807, 2.05) is 18.7 Å². The standard InChI is InChI=1S/C27H30F2N4O4S/c1-26(2,32-24(35)27(3,4)33-13-15-36-16-14-33)23(34)31-25-30-21(17-5-7-18(28)8-6-17)22(38-25)37-20-11-9-19(29)10-12-20/h5-12H,13-16H2,1-4H3,(H,32,35)(H,30,31,34). The molecule has 38 heavy (non-hydrogen) atoms. The van der Waals surface area contributed by atoms with E-state index < -0.39 is 28.6 Å². The second-order valence-corrected chi connectivity index (χ2v) is 10.9. The summed E-state index contributed by atoms with van der Waals surface area (Å²) in [6.45, 7) is 9.18. The van der Waals surface area contributed by atoms with Crippen LogP contribution in [0.4, 0.5) is 13.9 Å². The Kier molecular flexibility index (Phi) is 8.10. The minimum atomic E-state index is -1.26. The molecule has 0 bridgehead atoms. The van der Waals surface area contributed by atoms with Gasteiger partial charge in [0.1, 0.15) is 28.6 Å². The first-order valence-corrected chi connectivity index (χ1v) is 12.9. The van der Waals surface area contributed by atoms with Gasteiger partial charge in [0.05, 0.1) is 18.8 Å². The second kappa shape index (κ2) is 11.1. The summed E-state index contributed by atoms with van der Waals surface area (Å²) in [7, 11) is 0. The van der Waals surface area contributed by atoms with Crippen LogP contribution in [0.1, 0.15) is 27.7 Å². The van der Waals surface area contributed by atoms with E-state index in [2.05, 4.69) is 15.6 Å². The summed E-state index contributed by atoms with van der Waals surface area (Å²) in [5.41, 5.74) is -1.15. The minimum absolute atomic E-state index is 0.223. The molecule has 1 aliphatic heterocycles. The largest absolute Gasteiger partial charge is 0.444 e. The maximum absolute atomic E-state index is 13.5. The number of carbonyl (C=O) groups excluding carboxylic acids is 2. The lowest BCUT2D eigenvalue weighted by molar-refractivity contribution is -0.139. The fourth-order valence-corrected chi connectivity index (χ4v) is 4.70. The van der Waals surface area contributed by atoms with Crippen molar-refractivity contribution in [3.8, 4) is 22.1 Å². The molecule has 3 aromatic rings. The summed E-state index contributed by atoms with van der Waals surface area (Å²) in [4.78, 5) is 32.9. The van der Waals surface area contributed by atoms with Crippen LogP contribution in [0.3, 0.4) is 0 Å². The fraction of sp³-hybridized carbons (Fsp3) is 0.370. The maximum Gasteiger partial charge on any atom is 0.251 e. The average molecular weight is 545 g/mol. The van der Waals surface area contributed by atoms with Crippen LogP contribution in [-0.4, -0.2) is 59.1 Å². The Bertz CT molecular complexity index is 1290. The van der Waals surface area contributed by atoms with Gasteiger partial charge >= 0.3 is 0 Å². The first kappa shape index (κ1) is 27.6. The smallest absolute Gasteiger partial charge is 0.251 e. The van der Waals surface area contributed by atoms with Crippen LogP contribution < -0.4 is 15.4 Å². The van der Waals surface area contributed by atoms with Crippen molar-refractivity contribution in [1.82, 2.24) is 15.2 Å². The summed E-state index contributed by atoms with van der Waals surface area (Å²) in [6, 6.07) is 11.2. The molecule has 0 radical (unpaired) electrons. The van der Waals surface area contributed by atoms with Crippen molar-refractivity contribution in [2.45, 2.75) is 38.8 Å². The molecule has 8 nitrogen and oxygen atoms in total. The molecule has 1 aliphatic rings. The lowest BCUT2D eigenvalue weighted by Crippen LogP contribution is -2.63. The molecule has 2 amide bonds. The average Bonchev–Trinajstić information content (AvgIpc) is 3.28. The van der Waals surface area contributed by atoms with Gasteiger partial charge < -0.3 is 14.8 Å². The Labute approximate surface area is 224 Å². The Balaban J connectivity index is 1.53. The van der Waals surface area contributed by atoms with Gasteiger partial charge in [-0.05, 0) is 76.2 Å². The molecule has 1 aromatic heterocycles. The van der Waals surface area contributed by atoms with E-state index in [9.17, 15) is 18.4 Å². The number of nitrogens with one attached hydrogen (secondary N) is 2. The minimum Gasteiger partial charge on any atom is -0.444 e. The molecular weight excluding hydrogens is 514 g/mol. The summed E-state index contributed by atoms with van der Waals surface area (Å²) in [6.07, 6.45) is 0. The van der Waals surface area contributed by atoms with E-state index in [0.29, 0.717) is 48.4 Å². The van der Waals surface area contributed by atoms with E-state index in [1.165, 1.54) is 36.4 Å². The Morgan fingerprint density at radius 3 is 2.13 bits per heavy atom. The fourth-order valence-electron chi connectivity index (χ4n) is 3.84. The van der Waals surface area contributed by atoms with Crippen molar-refractivity contribution >= 4 is 28.3 Å². The molecule has 202 valence electrons. The first-order valence-electron chi connectivity index (χ1n) is 12.1. The zero-order valence-corrected chi connectivity index (χ0v) is 22.5. The highest BCUT2D eigenvalue weighted by atomic mass is 32.1. The summed E-state index contributed by atoms with van der Waals surface area (Å²) in [5, 5.41) is 6.17. The number of nitrogens with zero attached hydrogens (tertiary/aromatic N) is 2. The van der Waals surface area contributed by atoms with Crippen molar-refractivity contribution in [3.63, 3.8) is 0 Å². The number of rotatable bonds is 8. The Morgan fingerprint density at radius 2 is 1.53 bits per heavy atom. The number of thiazole rings is 1. The third kappa shape index (κ3) is 6.35. The van der Waals surface area contributed by atoms with Crippen LogP contribution >= 0.6 is 11.3 Å². The number of ether oxygens (including phenoxy) is 2. The van der Waals surface area contributed by atoms with Crippen LogP contribution in [0.25, 0.3) is 11.3 Å². The van der Waals surface area contributed by atoms with E-state index in [-0.39, 0.29) is 11.0 Å². The lowest BCUT2D eigenvalue weighted by atomic mass is 9.97. The van der Waals surface area contributed by atoms with E-state index >= 15 is 0 Å². The Morgan fingerprint density at radius 1 is 0.947 bits per heavy atom.